The van der Waals surface area contributed by atoms with Crippen molar-refractivity contribution in [3.05, 3.63) is 0 Å². The first-order valence-corrected chi connectivity index (χ1v) is 5.69. The van der Waals surface area contributed by atoms with E-state index in [1.54, 1.807) is 0 Å². The molecule has 1 fully saturated rings. The highest BCUT2D eigenvalue weighted by Gasteiger charge is 2.34. The fourth-order valence-electron chi connectivity index (χ4n) is 2.30. The molecule has 0 aromatic heterocycles. The minimum absolute atomic E-state index is 0.0668. The van der Waals surface area contributed by atoms with Gasteiger partial charge in [0.15, 0.2) is 0 Å². The molecule has 0 radical (unpaired) electrons. The van der Waals surface area contributed by atoms with E-state index < -0.39 is 0 Å². The highest BCUT2D eigenvalue weighted by Crippen LogP contribution is 2.33. The van der Waals surface area contributed by atoms with E-state index in [4.69, 9.17) is 5.73 Å². The molecule has 0 amide bonds. The number of carbonyl (C=O) groups excluding carboxylic acids is 2. The fraction of sp³-hybridized carbons (Fsp3) is 0.833. The summed E-state index contributed by atoms with van der Waals surface area (Å²) in [6.45, 7) is 4.59. The summed E-state index contributed by atoms with van der Waals surface area (Å²) in [4.78, 5) is 23.5. The first kappa shape index (κ1) is 12.4. The van der Waals surface area contributed by atoms with Crippen LogP contribution >= 0.6 is 0 Å². The summed E-state index contributed by atoms with van der Waals surface area (Å²) in [6, 6.07) is 0. The lowest BCUT2D eigenvalue weighted by molar-refractivity contribution is -0.126. The predicted molar refractivity (Wildman–Crippen MR) is 59.4 cm³/mol. The number of hydrogen-bond acceptors (Lipinski definition) is 3. The van der Waals surface area contributed by atoms with Gasteiger partial charge in [-0.15, -0.1) is 0 Å². The summed E-state index contributed by atoms with van der Waals surface area (Å²) in [7, 11) is 0. The van der Waals surface area contributed by atoms with Crippen molar-refractivity contribution in [3.63, 3.8) is 0 Å². The van der Waals surface area contributed by atoms with Gasteiger partial charge >= 0.3 is 0 Å². The first-order chi connectivity index (χ1) is 6.94. The molecule has 0 saturated heterocycles. The highest BCUT2D eigenvalue weighted by atomic mass is 16.1. The second kappa shape index (κ2) is 4.88. The predicted octanol–water partition coefficient (Wildman–Crippen LogP) is 1.69. The van der Waals surface area contributed by atoms with Crippen LogP contribution in [0.25, 0.3) is 0 Å². The molecule has 1 saturated carbocycles. The van der Waals surface area contributed by atoms with Gasteiger partial charge in [0.05, 0.1) is 0 Å². The van der Waals surface area contributed by atoms with E-state index in [1.165, 1.54) is 0 Å². The van der Waals surface area contributed by atoms with E-state index >= 15 is 0 Å². The van der Waals surface area contributed by atoms with Crippen molar-refractivity contribution >= 4 is 11.6 Å². The number of Topliss-reactive ketones (excluding diaryl/α,β-unsaturated/α-hetero) is 2. The third kappa shape index (κ3) is 3.74. The summed E-state index contributed by atoms with van der Waals surface area (Å²) >= 11 is 0. The molecule has 0 aromatic rings. The molecule has 1 atom stereocenters. The zero-order chi connectivity index (χ0) is 11.5. The van der Waals surface area contributed by atoms with Gasteiger partial charge in [0.2, 0.25) is 0 Å². The molecular weight excluding hydrogens is 190 g/mol. The fourth-order valence-corrected chi connectivity index (χ4v) is 2.30. The minimum Gasteiger partial charge on any atom is -0.330 e. The third-order valence-corrected chi connectivity index (χ3v) is 3.01. The van der Waals surface area contributed by atoms with Crippen LogP contribution in [0.4, 0.5) is 0 Å². The molecule has 0 aliphatic heterocycles. The SMILES string of the molecule is CC1(C)CC(=O)CC(CCCN)C(=O)C1. The van der Waals surface area contributed by atoms with Crippen LogP contribution < -0.4 is 5.73 Å². The standard InChI is InChI=1S/C12H21NO2/c1-12(2)7-10(14)6-9(4-3-5-13)11(15)8-12/h9H,3-8,13H2,1-2H3. The maximum Gasteiger partial charge on any atom is 0.136 e. The van der Waals surface area contributed by atoms with Crippen molar-refractivity contribution in [1.29, 1.82) is 0 Å². The molecular formula is C12H21NO2. The molecule has 3 nitrogen and oxygen atoms in total. The Bertz CT molecular complexity index is 258. The molecule has 0 spiro atoms. The van der Waals surface area contributed by atoms with Crippen LogP contribution in [0.1, 0.15) is 46.0 Å². The Morgan fingerprint density at radius 1 is 1.33 bits per heavy atom. The Balaban J connectivity index is 2.66. The number of hydrogen-bond donors (Lipinski definition) is 1. The smallest absolute Gasteiger partial charge is 0.136 e. The van der Waals surface area contributed by atoms with Gasteiger partial charge in [-0.05, 0) is 24.8 Å². The van der Waals surface area contributed by atoms with E-state index in [0.29, 0.717) is 25.8 Å². The third-order valence-electron chi connectivity index (χ3n) is 3.01. The van der Waals surface area contributed by atoms with Gasteiger partial charge in [0.25, 0.3) is 0 Å². The Hall–Kier alpha value is -0.700. The van der Waals surface area contributed by atoms with Crippen molar-refractivity contribution in [2.24, 2.45) is 17.1 Å². The quantitative estimate of drug-likeness (QED) is 0.723. The van der Waals surface area contributed by atoms with Crippen molar-refractivity contribution in [1.82, 2.24) is 0 Å². The number of rotatable bonds is 3. The summed E-state index contributed by atoms with van der Waals surface area (Å²) in [5.41, 5.74) is 5.27. The summed E-state index contributed by atoms with van der Waals surface area (Å²) < 4.78 is 0. The Morgan fingerprint density at radius 3 is 2.60 bits per heavy atom. The summed E-state index contributed by atoms with van der Waals surface area (Å²) in [5, 5.41) is 0. The maximum atomic E-state index is 11.9. The van der Waals surface area contributed by atoms with Crippen molar-refractivity contribution in [2.75, 3.05) is 6.54 Å². The van der Waals surface area contributed by atoms with Crippen LogP contribution in [0.15, 0.2) is 0 Å². The molecule has 2 N–H and O–H groups in total. The highest BCUT2D eigenvalue weighted by molar-refractivity contribution is 5.91. The van der Waals surface area contributed by atoms with E-state index in [-0.39, 0.29) is 22.9 Å². The minimum atomic E-state index is -0.147. The Kier molecular flexibility index (Phi) is 4.03. The topological polar surface area (TPSA) is 60.2 Å². The lowest BCUT2D eigenvalue weighted by Crippen LogP contribution is -2.19. The van der Waals surface area contributed by atoms with Crippen LogP contribution in [-0.4, -0.2) is 18.1 Å². The molecule has 1 rings (SSSR count). The van der Waals surface area contributed by atoms with E-state index in [9.17, 15) is 9.59 Å². The van der Waals surface area contributed by atoms with Crippen LogP contribution in [0, 0.1) is 11.3 Å². The average Bonchev–Trinajstić information content (AvgIpc) is 2.18. The van der Waals surface area contributed by atoms with Gasteiger partial charge in [-0.25, -0.2) is 0 Å². The lowest BCUT2D eigenvalue weighted by atomic mass is 9.83. The van der Waals surface area contributed by atoms with Gasteiger partial charge < -0.3 is 5.73 Å². The van der Waals surface area contributed by atoms with E-state index in [1.807, 2.05) is 13.8 Å². The van der Waals surface area contributed by atoms with Gasteiger partial charge in [0, 0.05) is 25.2 Å². The van der Waals surface area contributed by atoms with Gasteiger partial charge in [-0.3, -0.25) is 9.59 Å². The van der Waals surface area contributed by atoms with Crippen molar-refractivity contribution < 1.29 is 9.59 Å². The van der Waals surface area contributed by atoms with E-state index in [2.05, 4.69) is 0 Å². The normalized spacial score (nSPS) is 26.5. The van der Waals surface area contributed by atoms with Crippen LogP contribution in [-0.2, 0) is 9.59 Å². The van der Waals surface area contributed by atoms with Gasteiger partial charge in [-0.2, -0.15) is 0 Å². The monoisotopic (exact) mass is 211 g/mol. The van der Waals surface area contributed by atoms with Crippen LogP contribution in [0.2, 0.25) is 0 Å². The van der Waals surface area contributed by atoms with Gasteiger partial charge in [0.1, 0.15) is 11.6 Å². The molecule has 1 aliphatic carbocycles. The Morgan fingerprint density at radius 2 is 2.00 bits per heavy atom. The molecule has 1 aliphatic rings. The molecule has 0 heterocycles. The van der Waals surface area contributed by atoms with Crippen LogP contribution in [0.5, 0.6) is 0 Å². The average molecular weight is 211 g/mol. The summed E-state index contributed by atoms with van der Waals surface area (Å²) in [5.74, 6) is 0.412. The Labute approximate surface area is 91.4 Å². The zero-order valence-electron chi connectivity index (χ0n) is 9.71. The summed E-state index contributed by atoms with van der Waals surface area (Å²) in [6.07, 6.45) is 3.12. The second-order valence-corrected chi connectivity index (χ2v) is 5.35. The maximum absolute atomic E-state index is 11.9. The molecule has 3 heteroatoms. The zero-order valence-corrected chi connectivity index (χ0v) is 9.71. The number of carbonyl (C=O) groups is 2. The van der Waals surface area contributed by atoms with Crippen molar-refractivity contribution in [2.45, 2.75) is 46.0 Å². The van der Waals surface area contributed by atoms with Crippen molar-refractivity contribution in [3.8, 4) is 0 Å². The molecule has 0 aromatic carbocycles. The van der Waals surface area contributed by atoms with Crippen LogP contribution in [0.3, 0.4) is 0 Å². The first-order valence-electron chi connectivity index (χ1n) is 5.69. The molecule has 0 bridgehead atoms. The van der Waals surface area contributed by atoms with E-state index in [0.717, 1.165) is 12.8 Å². The van der Waals surface area contributed by atoms with Gasteiger partial charge in [-0.1, -0.05) is 13.8 Å². The lowest BCUT2D eigenvalue weighted by Gasteiger charge is -2.20. The second-order valence-electron chi connectivity index (χ2n) is 5.35. The number of ketones is 2. The molecule has 15 heavy (non-hydrogen) atoms. The number of nitrogens with two attached hydrogens (primary N) is 1. The molecule has 1 unspecified atom stereocenters. The largest absolute Gasteiger partial charge is 0.330 e. The molecule has 86 valence electrons.